The van der Waals surface area contributed by atoms with Crippen molar-refractivity contribution in [2.75, 3.05) is 12.4 Å². The minimum absolute atomic E-state index is 0.0438. The van der Waals surface area contributed by atoms with Gasteiger partial charge in [-0.3, -0.25) is 0 Å². The van der Waals surface area contributed by atoms with E-state index in [2.05, 4.69) is 25.0 Å². The summed E-state index contributed by atoms with van der Waals surface area (Å²) in [5.74, 6) is 1.35. The SMILES string of the molecule is COc1cnc2[nH]cc(-c3cc(Cl)nc(NC4CCCC(NS(=O)(=O)C5CC5)C4)c3)c2c1. The zero-order valence-corrected chi connectivity index (χ0v) is 19.3. The second kappa shape index (κ2) is 8.53. The molecular formula is C22H26ClN5O3S. The summed E-state index contributed by atoms with van der Waals surface area (Å²) < 4.78 is 32.9. The summed E-state index contributed by atoms with van der Waals surface area (Å²) in [5.41, 5.74) is 2.63. The van der Waals surface area contributed by atoms with E-state index in [9.17, 15) is 8.42 Å². The van der Waals surface area contributed by atoms with Crippen LogP contribution in [0.4, 0.5) is 5.82 Å². The van der Waals surface area contributed by atoms with Crippen LogP contribution in [0.1, 0.15) is 38.5 Å². The minimum atomic E-state index is -3.19. The van der Waals surface area contributed by atoms with E-state index in [0.717, 1.165) is 60.7 Å². The van der Waals surface area contributed by atoms with Gasteiger partial charge in [-0.05, 0) is 62.3 Å². The molecule has 3 aromatic heterocycles. The topological polar surface area (TPSA) is 109 Å². The monoisotopic (exact) mass is 475 g/mol. The lowest BCUT2D eigenvalue weighted by molar-refractivity contribution is 0.385. The van der Waals surface area contributed by atoms with Gasteiger partial charge >= 0.3 is 0 Å². The molecule has 2 unspecified atom stereocenters. The fraction of sp³-hybridized carbons (Fsp3) is 0.455. The Hall–Kier alpha value is -2.36. The van der Waals surface area contributed by atoms with Crippen LogP contribution in [0.5, 0.6) is 5.75 Å². The molecule has 8 nitrogen and oxygen atoms in total. The number of sulfonamides is 1. The van der Waals surface area contributed by atoms with E-state index in [-0.39, 0.29) is 17.3 Å². The van der Waals surface area contributed by atoms with Gasteiger partial charge in [0.05, 0.1) is 18.6 Å². The molecule has 0 bridgehead atoms. The van der Waals surface area contributed by atoms with Gasteiger partial charge in [0.2, 0.25) is 10.0 Å². The first-order valence-corrected chi connectivity index (χ1v) is 12.8. The number of nitrogens with one attached hydrogen (secondary N) is 3. The number of nitrogens with zero attached hydrogens (tertiary/aromatic N) is 2. The average molecular weight is 476 g/mol. The van der Waals surface area contributed by atoms with Gasteiger partial charge in [-0.25, -0.2) is 23.1 Å². The van der Waals surface area contributed by atoms with Gasteiger partial charge in [0.15, 0.2) is 0 Å². The summed E-state index contributed by atoms with van der Waals surface area (Å²) >= 11 is 6.36. The minimum Gasteiger partial charge on any atom is -0.495 e. The molecule has 2 saturated carbocycles. The molecule has 10 heteroatoms. The van der Waals surface area contributed by atoms with Crippen molar-refractivity contribution in [1.82, 2.24) is 19.7 Å². The highest BCUT2D eigenvalue weighted by atomic mass is 35.5. The summed E-state index contributed by atoms with van der Waals surface area (Å²) in [6.07, 6.45) is 8.62. The highest BCUT2D eigenvalue weighted by Crippen LogP contribution is 2.33. The molecular weight excluding hydrogens is 450 g/mol. The predicted octanol–water partition coefficient (Wildman–Crippen LogP) is 4.09. The van der Waals surface area contributed by atoms with Crippen LogP contribution < -0.4 is 14.8 Å². The van der Waals surface area contributed by atoms with Crippen molar-refractivity contribution in [1.29, 1.82) is 0 Å². The molecule has 0 radical (unpaired) electrons. The van der Waals surface area contributed by atoms with Crippen LogP contribution in [-0.2, 0) is 10.0 Å². The van der Waals surface area contributed by atoms with Crippen LogP contribution in [0, 0.1) is 0 Å². The number of halogens is 1. The molecule has 0 saturated heterocycles. The fourth-order valence-corrected chi connectivity index (χ4v) is 6.24. The number of H-pyrrole nitrogens is 1. The Labute approximate surface area is 192 Å². The van der Waals surface area contributed by atoms with E-state index in [1.165, 1.54) is 0 Å². The number of anilines is 1. The Bertz CT molecular complexity index is 1240. The molecule has 2 fully saturated rings. The van der Waals surface area contributed by atoms with Gasteiger partial charge in [0.1, 0.15) is 22.4 Å². The summed E-state index contributed by atoms with van der Waals surface area (Å²) in [7, 11) is -1.57. The zero-order chi connectivity index (χ0) is 22.3. The number of rotatable bonds is 7. The number of ether oxygens (including phenoxy) is 1. The molecule has 170 valence electrons. The van der Waals surface area contributed by atoms with Crippen LogP contribution in [0.15, 0.2) is 30.6 Å². The van der Waals surface area contributed by atoms with Crippen molar-refractivity contribution in [3.63, 3.8) is 0 Å². The lowest BCUT2D eigenvalue weighted by Crippen LogP contribution is -2.43. The van der Waals surface area contributed by atoms with Crippen molar-refractivity contribution in [2.24, 2.45) is 0 Å². The van der Waals surface area contributed by atoms with Crippen molar-refractivity contribution in [2.45, 2.75) is 55.9 Å². The van der Waals surface area contributed by atoms with E-state index in [1.807, 2.05) is 24.4 Å². The first-order valence-electron chi connectivity index (χ1n) is 10.9. The molecule has 0 aromatic carbocycles. The van der Waals surface area contributed by atoms with Crippen LogP contribution >= 0.6 is 11.6 Å². The van der Waals surface area contributed by atoms with Crippen molar-refractivity contribution in [3.8, 4) is 16.9 Å². The van der Waals surface area contributed by atoms with Crippen molar-refractivity contribution in [3.05, 3.63) is 35.7 Å². The number of aromatic amines is 1. The van der Waals surface area contributed by atoms with E-state index in [0.29, 0.717) is 16.7 Å². The maximum atomic E-state index is 12.3. The Morgan fingerprint density at radius 1 is 1.16 bits per heavy atom. The summed E-state index contributed by atoms with van der Waals surface area (Å²) in [6, 6.07) is 5.80. The molecule has 0 spiro atoms. The average Bonchev–Trinajstić information content (AvgIpc) is 3.54. The van der Waals surface area contributed by atoms with Crippen LogP contribution in [0.2, 0.25) is 5.15 Å². The number of aromatic nitrogens is 3. The maximum absolute atomic E-state index is 12.3. The third kappa shape index (κ3) is 4.55. The molecule has 2 atom stereocenters. The second-order valence-corrected chi connectivity index (χ2v) is 11.0. The van der Waals surface area contributed by atoms with Gasteiger partial charge in [-0.15, -0.1) is 0 Å². The van der Waals surface area contributed by atoms with Crippen LogP contribution in [0.3, 0.4) is 0 Å². The van der Waals surface area contributed by atoms with E-state index < -0.39 is 10.0 Å². The maximum Gasteiger partial charge on any atom is 0.214 e. The van der Waals surface area contributed by atoms with E-state index in [4.69, 9.17) is 16.3 Å². The normalized spacial score (nSPS) is 21.6. The highest BCUT2D eigenvalue weighted by Gasteiger charge is 2.37. The summed E-state index contributed by atoms with van der Waals surface area (Å²) in [5, 5.41) is 4.60. The molecule has 0 amide bonds. The molecule has 3 heterocycles. The summed E-state index contributed by atoms with van der Waals surface area (Å²) in [6.45, 7) is 0. The first kappa shape index (κ1) is 21.5. The molecule has 0 aliphatic heterocycles. The molecule has 3 aromatic rings. The van der Waals surface area contributed by atoms with E-state index >= 15 is 0 Å². The van der Waals surface area contributed by atoms with Crippen LogP contribution in [-0.4, -0.2) is 47.8 Å². The van der Waals surface area contributed by atoms with Gasteiger partial charge < -0.3 is 15.0 Å². The number of fused-ring (bicyclic) bond motifs is 1. The molecule has 3 N–H and O–H groups in total. The Kier molecular flexibility index (Phi) is 5.73. The second-order valence-electron chi connectivity index (χ2n) is 8.60. The Balaban J connectivity index is 1.35. The number of hydrogen-bond donors (Lipinski definition) is 3. The van der Waals surface area contributed by atoms with Gasteiger partial charge in [0.25, 0.3) is 0 Å². The van der Waals surface area contributed by atoms with Gasteiger partial charge in [-0.2, -0.15) is 0 Å². The lowest BCUT2D eigenvalue weighted by Gasteiger charge is -2.30. The zero-order valence-electron chi connectivity index (χ0n) is 17.8. The number of pyridine rings is 2. The largest absolute Gasteiger partial charge is 0.495 e. The third-order valence-corrected chi connectivity index (χ3v) is 8.37. The molecule has 32 heavy (non-hydrogen) atoms. The van der Waals surface area contributed by atoms with Crippen molar-refractivity contribution >= 4 is 38.5 Å². The quantitative estimate of drug-likeness (QED) is 0.444. The Morgan fingerprint density at radius 2 is 1.97 bits per heavy atom. The number of hydrogen-bond acceptors (Lipinski definition) is 6. The summed E-state index contributed by atoms with van der Waals surface area (Å²) in [4.78, 5) is 12.0. The fourth-order valence-electron chi connectivity index (χ4n) is 4.40. The molecule has 2 aliphatic rings. The van der Waals surface area contributed by atoms with Gasteiger partial charge in [0, 0.05) is 29.2 Å². The molecule has 2 aliphatic carbocycles. The predicted molar refractivity (Wildman–Crippen MR) is 126 cm³/mol. The highest BCUT2D eigenvalue weighted by molar-refractivity contribution is 7.90. The standard InChI is InChI=1S/C22H26ClN5O3S/c1-31-16-10-18-19(12-25-22(18)24-11-16)13-7-20(23)27-21(8-13)26-14-3-2-4-15(9-14)28-32(29,30)17-5-6-17/h7-8,10-12,14-15,17,28H,2-6,9H2,1H3,(H,24,25)(H,26,27). The number of methoxy groups -OCH3 is 1. The Morgan fingerprint density at radius 3 is 2.75 bits per heavy atom. The van der Waals surface area contributed by atoms with E-state index in [1.54, 1.807) is 13.3 Å². The van der Waals surface area contributed by atoms with Crippen molar-refractivity contribution < 1.29 is 13.2 Å². The lowest BCUT2D eigenvalue weighted by atomic mass is 9.91. The molecule has 5 rings (SSSR count). The third-order valence-electron chi connectivity index (χ3n) is 6.17. The van der Waals surface area contributed by atoms with Crippen LogP contribution in [0.25, 0.3) is 22.2 Å². The first-order chi connectivity index (χ1) is 15.4. The smallest absolute Gasteiger partial charge is 0.214 e. The van der Waals surface area contributed by atoms with Gasteiger partial charge in [-0.1, -0.05) is 11.6 Å².